The number of hydrogen-bond donors (Lipinski definition) is 0. The first-order chi connectivity index (χ1) is 10.5. The van der Waals surface area contributed by atoms with Gasteiger partial charge in [-0.25, -0.2) is 0 Å². The zero-order valence-electron chi connectivity index (χ0n) is 14.1. The fourth-order valence-corrected chi connectivity index (χ4v) is 4.23. The standard InChI is InChI=1S/C16H26O5Si/c1-6-16(2)20-12-14-11-13(7-8-15(14)21-16)9-10-22(17-3,18-4)19-5/h7-8,11H,6,9-10,12H2,1-5H3. The molecule has 0 radical (unpaired) electrons. The van der Waals surface area contributed by atoms with Gasteiger partial charge >= 0.3 is 8.80 Å². The highest BCUT2D eigenvalue weighted by atomic mass is 28.4. The summed E-state index contributed by atoms with van der Waals surface area (Å²) in [7, 11) is 2.39. The lowest BCUT2D eigenvalue weighted by Gasteiger charge is -2.35. The van der Waals surface area contributed by atoms with Crippen molar-refractivity contribution in [2.75, 3.05) is 21.3 Å². The van der Waals surface area contributed by atoms with E-state index in [0.29, 0.717) is 6.61 Å². The summed E-state index contributed by atoms with van der Waals surface area (Å²) in [6, 6.07) is 6.98. The Bertz CT molecular complexity index is 495. The molecular formula is C16H26O5Si. The predicted octanol–water partition coefficient (Wildman–Crippen LogP) is 3.14. The van der Waals surface area contributed by atoms with Gasteiger partial charge in [0.05, 0.1) is 6.61 Å². The van der Waals surface area contributed by atoms with Crippen molar-refractivity contribution in [2.24, 2.45) is 0 Å². The van der Waals surface area contributed by atoms with Crippen molar-refractivity contribution in [3.63, 3.8) is 0 Å². The molecule has 0 aliphatic carbocycles. The molecular weight excluding hydrogens is 300 g/mol. The lowest BCUT2D eigenvalue weighted by Crippen LogP contribution is -2.43. The maximum absolute atomic E-state index is 5.94. The minimum atomic E-state index is -2.53. The summed E-state index contributed by atoms with van der Waals surface area (Å²) < 4.78 is 28.1. The van der Waals surface area contributed by atoms with Crippen molar-refractivity contribution in [1.29, 1.82) is 0 Å². The molecule has 1 aliphatic heterocycles. The zero-order chi connectivity index (χ0) is 16.2. The topological polar surface area (TPSA) is 46.2 Å². The summed E-state index contributed by atoms with van der Waals surface area (Å²) in [6.07, 6.45) is 1.65. The van der Waals surface area contributed by atoms with Crippen molar-refractivity contribution in [1.82, 2.24) is 0 Å². The monoisotopic (exact) mass is 326 g/mol. The molecule has 1 aromatic carbocycles. The van der Waals surface area contributed by atoms with E-state index in [2.05, 4.69) is 19.1 Å². The van der Waals surface area contributed by atoms with Gasteiger partial charge in [-0.05, 0) is 24.1 Å². The van der Waals surface area contributed by atoms with Crippen LogP contribution in [0, 0.1) is 0 Å². The smallest absolute Gasteiger partial charge is 0.462 e. The van der Waals surface area contributed by atoms with E-state index in [1.54, 1.807) is 21.3 Å². The van der Waals surface area contributed by atoms with Crippen LogP contribution in [0.25, 0.3) is 0 Å². The highest BCUT2D eigenvalue weighted by molar-refractivity contribution is 6.60. The second-order valence-electron chi connectivity index (χ2n) is 5.62. The molecule has 0 aromatic heterocycles. The van der Waals surface area contributed by atoms with Crippen molar-refractivity contribution in [2.45, 2.75) is 45.1 Å². The molecule has 124 valence electrons. The highest BCUT2D eigenvalue weighted by Crippen LogP contribution is 2.34. The van der Waals surface area contributed by atoms with Crippen LogP contribution in [0.3, 0.4) is 0 Å². The van der Waals surface area contributed by atoms with Crippen LogP contribution in [0.5, 0.6) is 5.75 Å². The minimum absolute atomic E-state index is 0.515. The van der Waals surface area contributed by atoms with E-state index in [1.165, 1.54) is 5.56 Å². The Morgan fingerprint density at radius 3 is 2.45 bits per heavy atom. The van der Waals surface area contributed by atoms with E-state index in [-0.39, 0.29) is 0 Å². The molecule has 6 heteroatoms. The fraction of sp³-hybridized carbons (Fsp3) is 0.625. The van der Waals surface area contributed by atoms with Gasteiger partial charge < -0.3 is 22.8 Å². The summed E-state index contributed by atoms with van der Waals surface area (Å²) in [5, 5.41) is 0. The van der Waals surface area contributed by atoms with Crippen LogP contribution in [0.2, 0.25) is 6.04 Å². The Hall–Kier alpha value is -0.923. The number of fused-ring (bicyclic) bond motifs is 1. The lowest BCUT2D eigenvalue weighted by atomic mass is 10.1. The molecule has 1 aromatic rings. The number of aryl methyl sites for hydroxylation is 1. The molecule has 1 heterocycles. The van der Waals surface area contributed by atoms with Gasteiger partial charge in [0.2, 0.25) is 5.79 Å². The largest absolute Gasteiger partial charge is 0.500 e. The number of hydrogen-bond acceptors (Lipinski definition) is 5. The second kappa shape index (κ2) is 7.10. The Kier molecular flexibility index (Phi) is 5.63. The quantitative estimate of drug-likeness (QED) is 0.720. The average molecular weight is 326 g/mol. The zero-order valence-corrected chi connectivity index (χ0v) is 15.1. The van der Waals surface area contributed by atoms with Gasteiger partial charge in [-0.2, -0.15) is 0 Å². The molecule has 1 unspecified atom stereocenters. The first-order valence-corrected chi connectivity index (χ1v) is 9.53. The number of benzene rings is 1. The van der Waals surface area contributed by atoms with E-state index in [0.717, 1.165) is 30.2 Å². The summed E-state index contributed by atoms with van der Waals surface area (Å²) in [5.74, 6) is 0.395. The first kappa shape index (κ1) is 17.4. The molecule has 0 N–H and O–H groups in total. The molecule has 22 heavy (non-hydrogen) atoms. The summed E-state index contributed by atoms with van der Waals surface area (Å²) >= 11 is 0. The third-order valence-corrected chi connectivity index (χ3v) is 7.01. The van der Waals surface area contributed by atoms with Crippen molar-refractivity contribution >= 4 is 8.80 Å². The fourth-order valence-electron chi connectivity index (χ4n) is 2.52. The predicted molar refractivity (Wildman–Crippen MR) is 85.8 cm³/mol. The Morgan fingerprint density at radius 1 is 1.18 bits per heavy atom. The summed E-state index contributed by atoms with van der Waals surface area (Å²) in [5.41, 5.74) is 2.29. The van der Waals surface area contributed by atoms with Gasteiger partial charge in [-0.15, -0.1) is 0 Å². The van der Waals surface area contributed by atoms with E-state index < -0.39 is 14.6 Å². The summed E-state index contributed by atoms with van der Waals surface area (Å²) in [6.45, 7) is 4.61. The van der Waals surface area contributed by atoms with E-state index in [1.807, 2.05) is 13.0 Å². The maximum atomic E-state index is 5.94. The number of ether oxygens (including phenoxy) is 2. The van der Waals surface area contributed by atoms with Crippen molar-refractivity contribution in [3.8, 4) is 5.75 Å². The average Bonchev–Trinajstić information content (AvgIpc) is 2.57. The summed E-state index contributed by atoms with van der Waals surface area (Å²) in [4.78, 5) is 0. The van der Waals surface area contributed by atoms with Crippen LogP contribution in [-0.2, 0) is 31.0 Å². The maximum Gasteiger partial charge on any atom is 0.500 e. The van der Waals surface area contributed by atoms with Gasteiger partial charge in [0, 0.05) is 46.3 Å². The second-order valence-corrected chi connectivity index (χ2v) is 8.71. The van der Waals surface area contributed by atoms with E-state index in [9.17, 15) is 0 Å². The number of rotatable bonds is 7. The van der Waals surface area contributed by atoms with Gasteiger partial charge in [-0.1, -0.05) is 13.0 Å². The Labute approximate surface area is 133 Å². The Morgan fingerprint density at radius 2 is 1.86 bits per heavy atom. The van der Waals surface area contributed by atoms with Gasteiger partial charge in [0.1, 0.15) is 5.75 Å². The van der Waals surface area contributed by atoms with Crippen molar-refractivity contribution < 1.29 is 22.8 Å². The minimum Gasteiger partial charge on any atom is -0.462 e. The molecule has 0 fully saturated rings. The van der Waals surface area contributed by atoms with Crippen LogP contribution in [-0.4, -0.2) is 35.9 Å². The van der Waals surface area contributed by atoms with Gasteiger partial charge in [0.25, 0.3) is 0 Å². The third-order valence-electron chi connectivity index (χ3n) is 4.28. The molecule has 0 spiro atoms. The third kappa shape index (κ3) is 3.69. The normalized spacial score (nSPS) is 21.3. The molecule has 1 atom stereocenters. The van der Waals surface area contributed by atoms with Crippen LogP contribution < -0.4 is 4.74 Å². The molecule has 5 nitrogen and oxygen atoms in total. The van der Waals surface area contributed by atoms with Crippen LogP contribution in [0.1, 0.15) is 31.4 Å². The van der Waals surface area contributed by atoms with Gasteiger partial charge in [0.15, 0.2) is 0 Å². The van der Waals surface area contributed by atoms with Gasteiger partial charge in [-0.3, -0.25) is 0 Å². The Balaban J connectivity index is 2.07. The van der Waals surface area contributed by atoms with E-state index >= 15 is 0 Å². The first-order valence-electron chi connectivity index (χ1n) is 7.60. The van der Waals surface area contributed by atoms with Crippen LogP contribution in [0.15, 0.2) is 18.2 Å². The molecule has 2 rings (SSSR count). The van der Waals surface area contributed by atoms with Crippen LogP contribution in [0.4, 0.5) is 0 Å². The van der Waals surface area contributed by atoms with Crippen LogP contribution >= 0.6 is 0 Å². The SMILES string of the molecule is CCC1(C)OCc2cc(CC[Si](OC)(OC)OC)ccc2O1. The highest BCUT2D eigenvalue weighted by Gasteiger charge is 2.37. The lowest BCUT2D eigenvalue weighted by molar-refractivity contribution is -0.194. The molecule has 0 saturated heterocycles. The van der Waals surface area contributed by atoms with Crippen molar-refractivity contribution in [3.05, 3.63) is 29.3 Å². The molecule has 0 amide bonds. The molecule has 0 bridgehead atoms. The van der Waals surface area contributed by atoms with E-state index in [4.69, 9.17) is 22.8 Å². The molecule has 1 aliphatic rings. The molecule has 0 saturated carbocycles.